The van der Waals surface area contributed by atoms with E-state index in [0.29, 0.717) is 6.54 Å². The van der Waals surface area contributed by atoms with Gasteiger partial charge in [-0.25, -0.2) is 4.79 Å². The minimum atomic E-state index is -0.786. The lowest BCUT2D eigenvalue weighted by Crippen LogP contribution is -2.40. The van der Waals surface area contributed by atoms with Gasteiger partial charge in [0.15, 0.2) is 0 Å². The summed E-state index contributed by atoms with van der Waals surface area (Å²) in [6.45, 7) is 7.67. The standard InChI is InChI=1S/C16H24N4O3/c1-11-10-12(18-23-11)13-6-4-7-19(13)8-5-9-20-14(21)16(2,3)17-15(20)22/h10,13H,4-9H2,1-3H3,(H,17,22). The summed E-state index contributed by atoms with van der Waals surface area (Å²) >= 11 is 0. The average Bonchev–Trinajstić information content (AvgIpc) is 3.14. The van der Waals surface area contributed by atoms with Gasteiger partial charge in [-0.2, -0.15) is 0 Å². The van der Waals surface area contributed by atoms with Gasteiger partial charge in [0.1, 0.15) is 17.0 Å². The molecule has 2 fully saturated rings. The highest BCUT2D eigenvalue weighted by atomic mass is 16.5. The SMILES string of the molecule is Cc1cc(C2CCCN2CCCN2C(=O)NC(C)(C)C2=O)no1. The molecular formula is C16H24N4O3. The van der Waals surface area contributed by atoms with Gasteiger partial charge in [-0.1, -0.05) is 5.16 Å². The Morgan fingerprint density at radius 2 is 2.17 bits per heavy atom. The van der Waals surface area contributed by atoms with Crippen LogP contribution in [-0.4, -0.2) is 52.1 Å². The van der Waals surface area contributed by atoms with Crippen molar-refractivity contribution in [2.45, 2.75) is 51.6 Å². The Bertz CT molecular complexity index is 610. The number of nitrogens with zero attached hydrogens (tertiary/aromatic N) is 3. The van der Waals surface area contributed by atoms with E-state index in [-0.39, 0.29) is 18.0 Å². The van der Waals surface area contributed by atoms with Crippen molar-refractivity contribution in [3.05, 3.63) is 17.5 Å². The molecule has 1 atom stereocenters. The molecule has 0 aromatic carbocycles. The summed E-state index contributed by atoms with van der Waals surface area (Å²) in [4.78, 5) is 27.7. The number of imide groups is 1. The van der Waals surface area contributed by atoms with Crippen molar-refractivity contribution in [2.24, 2.45) is 0 Å². The Morgan fingerprint density at radius 1 is 1.39 bits per heavy atom. The van der Waals surface area contributed by atoms with E-state index >= 15 is 0 Å². The van der Waals surface area contributed by atoms with Crippen LogP contribution in [0, 0.1) is 6.92 Å². The first-order chi connectivity index (χ1) is 10.9. The van der Waals surface area contributed by atoms with E-state index in [0.717, 1.165) is 43.8 Å². The number of urea groups is 1. The quantitative estimate of drug-likeness (QED) is 0.838. The Hall–Kier alpha value is -1.89. The summed E-state index contributed by atoms with van der Waals surface area (Å²) < 4.78 is 5.18. The van der Waals surface area contributed by atoms with Crippen LogP contribution in [0.15, 0.2) is 10.6 Å². The summed E-state index contributed by atoms with van der Waals surface area (Å²) in [6.07, 6.45) is 2.97. The molecule has 23 heavy (non-hydrogen) atoms. The van der Waals surface area contributed by atoms with Crippen molar-refractivity contribution in [3.8, 4) is 0 Å². The van der Waals surface area contributed by atoms with Crippen molar-refractivity contribution < 1.29 is 14.1 Å². The number of carbonyl (C=O) groups excluding carboxylic acids is 2. The molecule has 0 bridgehead atoms. The predicted octanol–water partition coefficient (Wildman–Crippen LogP) is 1.84. The number of likely N-dealkylation sites (tertiary alicyclic amines) is 1. The number of nitrogens with one attached hydrogen (secondary N) is 1. The second kappa shape index (κ2) is 5.96. The van der Waals surface area contributed by atoms with Gasteiger partial charge in [0.25, 0.3) is 5.91 Å². The van der Waals surface area contributed by atoms with Crippen LogP contribution in [0.4, 0.5) is 4.79 Å². The van der Waals surface area contributed by atoms with E-state index < -0.39 is 5.54 Å². The maximum atomic E-state index is 12.2. The average molecular weight is 320 g/mol. The number of amides is 3. The highest BCUT2D eigenvalue weighted by Crippen LogP contribution is 2.31. The molecule has 2 aliphatic heterocycles. The molecule has 1 aromatic rings. The molecule has 0 aliphatic carbocycles. The van der Waals surface area contributed by atoms with Crippen molar-refractivity contribution >= 4 is 11.9 Å². The monoisotopic (exact) mass is 320 g/mol. The molecule has 2 aliphatic rings. The molecule has 3 rings (SSSR count). The van der Waals surface area contributed by atoms with Crippen molar-refractivity contribution in [3.63, 3.8) is 0 Å². The fourth-order valence-electron chi connectivity index (χ4n) is 3.42. The molecule has 1 N–H and O–H groups in total. The summed E-state index contributed by atoms with van der Waals surface area (Å²) in [6, 6.07) is 1.99. The van der Waals surface area contributed by atoms with Crippen LogP contribution < -0.4 is 5.32 Å². The summed E-state index contributed by atoms with van der Waals surface area (Å²) in [5.41, 5.74) is 0.196. The van der Waals surface area contributed by atoms with E-state index in [2.05, 4.69) is 15.4 Å². The first-order valence-corrected chi connectivity index (χ1v) is 8.20. The van der Waals surface area contributed by atoms with Crippen LogP contribution in [0.1, 0.15) is 50.6 Å². The maximum Gasteiger partial charge on any atom is 0.325 e. The molecule has 1 aromatic heterocycles. The van der Waals surface area contributed by atoms with E-state index in [1.807, 2.05) is 13.0 Å². The maximum absolute atomic E-state index is 12.2. The Balaban J connectivity index is 1.54. The summed E-state index contributed by atoms with van der Waals surface area (Å²) in [5, 5.41) is 6.84. The number of aryl methyl sites for hydroxylation is 1. The minimum absolute atomic E-state index is 0.146. The normalized spacial score (nSPS) is 24.5. The number of carbonyl (C=O) groups is 2. The third-order valence-electron chi connectivity index (χ3n) is 4.62. The van der Waals surface area contributed by atoms with Crippen LogP contribution in [0.3, 0.4) is 0 Å². The van der Waals surface area contributed by atoms with Gasteiger partial charge in [-0.3, -0.25) is 14.6 Å². The van der Waals surface area contributed by atoms with Gasteiger partial charge in [-0.05, 0) is 46.6 Å². The Morgan fingerprint density at radius 3 is 2.78 bits per heavy atom. The Kier molecular flexibility index (Phi) is 4.14. The topological polar surface area (TPSA) is 78.7 Å². The highest BCUT2D eigenvalue weighted by Gasteiger charge is 2.43. The number of hydrogen-bond donors (Lipinski definition) is 1. The van der Waals surface area contributed by atoms with Crippen LogP contribution in [0.25, 0.3) is 0 Å². The molecule has 3 amide bonds. The first kappa shape index (κ1) is 16.0. The third kappa shape index (κ3) is 3.10. The number of rotatable bonds is 5. The van der Waals surface area contributed by atoms with Crippen LogP contribution in [0.5, 0.6) is 0 Å². The van der Waals surface area contributed by atoms with Crippen LogP contribution in [-0.2, 0) is 4.79 Å². The van der Waals surface area contributed by atoms with E-state index in [1.54, 1.807) is 13.8 Å². The van der Waals surface area contributed by atoms with Crippen molar-refractivity contribution in [2.75, 3.05) is 19.6 Å². The molecule has 3 heterocycles. The zero-order valence-electron chi connectivity index (χ0n) is 14.0. The number of hydrogen-bond acceptors (Lipinski definition) is 5. The van der Waals surface area contributed by atoms with Crippen molar-refractivity contribution in [1.82, 2.24) is 20.3 Å². The molecule has 126 valence electrons. The second-order valence-electron chi connectivity index (χ2n) is 6.92. The lowest BCUT2D eigenvalue weighted by molar-refractivity contribution is -0.130. The molecule has 1 unspecified atom stereocenters. The number of aromatic nitrogens is 1. The lowest BCUT2D eigenvalue weighted by atomic mass is 10.1. The van der Waals surface area contributed by atoms with Crippen LogP contribution in [0.2, 0.25) is 0 Å². The molecule has 7 heteroatoms. The minimum Gasteiger partial charge on any atom is -0.361 e. The fourth-order valence-corrected chi connectivity index (χ4v) is 3.42. The molecular weight excluding hydrogens is 296 g/mol. The zero-order chi connectivity index (χ0) is 16.6. The zero-order valence-corrected chi connectivity index (χ0v) is 14.0. The summed E-state index contributed by atoms with van der Waals surface area (Å²) in [7, 11) is 0. The van der Waals surface area contributed by atoms with Gasteiger partial charge in [0.05, 0.1) is 6.04 Å². The first-order valence-electron chi connectivity index (χ1n) is 8.20. The molecule has 2 saturated heterocycles. The summed E-state index contributed by atoms with van der Waals surface area (Å²) in [5.74, 6) is 0.681. The van der Waals surface area contributed by atoms with Gasteiger partial charge in [0, 0.05) is 19.2 Å². The largest absolute Gasteiger partial charge is 0.361 e. The van der Waals surface area contributed by atoms with Gasteiger partial charge < -0.3 is 9.84 Å². The highest BCUT2D eigenvalue weighted by molar-refractivity contribution is 6.06. The smallest absolute Gasteiger partial charge is 0.325 e. The van der Waals surface area contributed by atoms with Gasteiger partial charge >= 0.3 is 6.03 Å². The molecule has 0 spiro atoms. The second-order valence-corrected chi connectivity index (χ2v) is 6.92. The van der Waals surface area contributed by atoms with Gasteiger partial charge in [-0.15, -0.1) is 0 Å². The van der Waals surface area contributed by atoms with E-state index in [4.69, 9.17) is 4.52 Å². The molecule has 7 nitrogen and oxygen atoms in total. The van der Waals surface area contributed by atoms with Gasteiger partial charge in [0.2, 0.25) is 0 Å². The predicted molar refractivity (Wildman–Crippen MR) is 83.7 cm³/mol. The molecule has 0 saturated carbocycles. The van der Waals surface area contributed by atoms with E-state index in [9.17, 15) is 9.59 Å². The third-order valence-corrected chi connectivity index (χ3v) is 4.62. The van der Waals surface area contributed by atoms with Crippen LogP contribution >= 0.6 is 0 Å². The van der Waals surface area contributed by atoms with Crippen molar-refractivity contribution in [1.29, 1.82) is 0 Å². The molecule has 0 radical (unpaired) electrons. The Labute approximate surface area is 136 Å². The fraction of sp³-hybridized carbons (Fsp3) is 0.688. The van der Waals surface area contributed by atoms with E-state index in [1.165, 1.54) is 4.90 Å². The lowest BCUT2D eigenvalue weighted by Gasteiger charge is -2.23.